The fourth-order valence-corrected chi connectivity index (χ4v) is 4.63. The summed E-state index contributed by atoms with van der Waals surface area (Å²) in [6.07, 6.45) is 0. The van der Waals surface area contributed by atoms with Crippen LogP contribution in [0.2, 0.25) is 0 Å². The van der Waals surface area contributed by atoms with Gasteiger partial charge in [-0.25, -0.2) is 0 Å². The summed E-state index contributed by atoms with van der Waals surface area (Å²) in [6, 6.07) is 13.0. The molecule has 3 aromatic rings. The van der Waals surface area contributed by atoms with Crippen LogP contribution in [0.1, 0.15) is 47.2 Å². The van der Waals surface area contributed by atoms with Gasteiger partial charge in [0.25, 0.3) is 5.91 Å². The smallest absolute Gasteiger partial charge is 0.251 e. The Morgan fingerprint density at radius 1 is 1.09 bits per heavy atom. The summed E-state index contributed by atoms with van der Waals surface area (Å²) >= 11 is 3.56. The Labute approximate surface area is 212 Å². The molecule has 0 saturated carbocycles. The number of amides is 2. The molecule has 0 aliphatic carbocycles. The van der Waals surface area contributed by atoms with Crippen LogP contribution in [-0.2, 0) is 11.8 Å². The largest absolute Gasteiger partial charge is 0.342 e. The van der Waals surface area contributed by atoms with E-state index in [1.165, 1.54) is 11.8 Å². The van der Waals surface area contributed by atoms with E-state index in [1.807, 2.05) is 81.8 Å². The molecule has 0 aliphatic rings. The number of carbonyl (C=O) groups excluding carboxylic acids is 2. The summed E-state index contributed by atoms with van der Waals surface area (Å²) in [5.41, 5.74) is 3.53. The molecule has 0 bridgehead atoms. The van der Waals surface area contributed by atoms with Gasteiger partial charge in [-0.05, 0) is 78.3 Å². The minimum absolute atomic E-state index is 0.104. The average Bonchev–Trinajstić information content (AvgIpc) is 3.12. The van der Waals surface area contributed by atoms with Gasteiger partial charge in [0.15, 0.2) is 11.0 Å². The van der Waals surface area contributed by atoms with Crippen molar-refractivity contribution in [3.05, 3.63) is 68.5 Å². The second kappa shape index (κ2) is 11.1. The zero-order valence-electron chi connectivity index (χ0n) is 19.3. The number of thioether (sulfide) groups is 1. The Kier molecular flexibility index (Phi) is 8.52. The predicted molar refractivity (Wildman–Crippen MR) is 140 cm³/mol. The van der Waals surface area contributed by atoms with Gasteiger partial charge in [0.1, 0.15) is 0 Å². The van der Waals surface area contributed by atoms with Crippen LogP contribution in [0.5, 0.6) is 0 Å². The van der Waals surface area contributed by atoms with Crippen LogP contribution in [0.4, 0.5) is 5.69 Å². The van der Waals surface area contributed by atoms with Crippen LogP contribution in [0, 0.1) is 23.3 Å². The topological polar surface area (TPSA) is 88.9 Å². The molecule has 0 saturated heterocycles. The van der Waals surface area contributed by atoms with Crippen molar-refractivity contribution < 1.29 is 9.59 Å². The van der Waals surface area contributed by atoms with Gasteiger partial charge in [0, 0.05) is 21.9 Å². The molecule has 33 heavy (non-hydrogen) atoms. The SMILES string of the molecule is Cc1ccc(C(=O)N[C@@H](c2nnc(SCC(=O)Nc3ccc(I)cc3C)n2C)C(C)C)cc1. The number of carbonyl (C=O) groups is 2. The first kappa shape index (κ1) is 25.2. The maximum atomic E-state index is 12.8. The number of nitrogens with zero attached hydrogens (tertiary/aromatic N) is 3. The van der Waals surface area contributed by atoms with E-state index in [9.17, 15) is 9.59 Å². The zero-order chi connectivity index (χ0) is 24.1. The molecule has 3 rings (SSSR count). The summed E-state index contributed by atoms with van der Waals surface area (Å²) in [4.78, 5) is 25.2. The van der Waals surface area contributed by atoms with Crippen LogP contribution in [0.25, 0.3) is 0 Å². The number of halogens is 1. The van der Waals surface area contributed by atoms with Crippen LogP contribution in [0.3, 0.4) is 0 Å². The first-order valence-electron chi connectivity index (χ1n) is 10.6. The fourth-order valence-electron chi connectivity index (χ4n) is 3.27. The molecule has 0 radical (unpaired) electrons. The molecule has 174 valence electrons. The lowest BCUT2D eigenvalue weighted by Gasteiger charge is -2.21. The highest BCUT2D eigenvalue weighted by atomic mass is 127. The van der Waals surface area contributed by atoms with Gasteiger partial charge in [0.2, 0.25) is 5.91 Å². The third kappa shape index (κ3) is 6.57. The van der Waals surface area contributed by atoms with Crippen LogP contribution >= 0.6 is 34.4 Å². The van der Waals surface area contributed by atoms with Crippen molar-refractivity contribution in [3.63, 3.8) is 0 Å². The quantitative estimate of drug-likeness (QED) is 0.294. The molecule has 0 unspecified atom stereocenters. The van der Waals surface area contributed by atoms with Gasteiger partial charge in [-0.1, -0.05) is 43.3 Å². The molecule has 0 aliphatic heterocycles. The number of hydrogen-bond acceptors (Lipinski definition) is 5. The second-order valence-corrected chi connectivity index (χ2v) is 10.4. The van der Waals surface area contributed by atoms with Gasteiger partial charge in [0.05, 0.1) is 11.8 Å². The molecule has 2 amide bonds. The van der Waals surface area contributed by atoms with Gasteiger partial charge in [-0.15, -0.1) is 10.2 Å². The number of nitrogens with one attached hydrogen (secondary N) is 2. The van der Waals surface area contributed by atoms with Gasteiger partial charge in [-0.3, -0.25) is 9.59 Å². The number of rotatable bonds is 8. The predicted octanol–water partition coefficient (Wildman–Crippen LogP) is 4.89. The van der Waals surface area contributed by atoms with E-state index in [1.54, 1.807) is 0 Å². The van der Waals surface area contributed by atoms with Crippen molar-refractivity contribution in [1.82, 2.24) is 20.1 Å². The molecule has 2 N–H and O–H groups in total. The molecule has 1 heterocycles. The molecule has 0 fully saturated rings. The summed E-state index contributed by atoms with van der Waals surface area (Å²) in [5, 5.41) is 15.2. The molecular formula is C24H28IN5O2S. The lowest BCUT2D eigenvalue weighted by Crippen LogP contribution is -2.33. The summed E-state index contributed by atoms with van der Waals surface area (Å²) in [6.45, 7) is 8.01. The van der Waals surface area contributed by atoms with Gasteiger partial charge in [-0.2, -0.15) is 0 Å². The summed E-state index contributed by atoms with van der Waals surface area (Å²) in [7, 11) is 1.85. The van der Waals surface area contributed by atoms with E-state index in [4.69, 9.17) is 0 Å². The molecular weight excluding hydrogens is 549 g/mol. The Morgan fingerprint density at radius 3 is 2.42 bits per heavy atom. The molecule has 0 spiro atoms. The third-order valence-electron chi connectivity index (χ3n) is 5.21. The van der Waals surface area contributed by atoms with E-state index in [2.05, 4.69) is 43.4 Å². The van der Waals surface area contributed by atoms with Crippen molar-refractivity contribution in [2.75, 3.05) is 11.1 Å². The molecule has 1 aromatic heterocycles. The standard InChI is InChI=1S/C24H28IN5O2S/c1-14(2)21(27-23(32)17-8-6-15(3)7-9-17)22-28-29-24(30(22)5)33-13-20(31)26-19-11-10-18(25)12-16(19)4/h6-12,14,21H,13H2,1-5H3,(H,26,31)(H,27,32)/t21-/m1/s1. The summed E-state index contributed by atoms with van der Waals surface area (Å²) in [5.74, 6) is 0.702. The highest BCUT2D eigenvalue weighted by Crippen LogP contribution is 2.25. The Balaban J connectivity index is 1.66. The minimum atomic E-state index is -0.311. The number of benzene rings is 2. The van der Waals surface area contributed by atoms with Crippen molar-refractivity contribution in [2.24, 2.45) is 13.0 Å². The van der Waals surface area contributed by atoms with Crippen LogP contribution in [-0.4, -0.2) is 32.3 Å². The second-order valence-electron chi connectivity index (χ2n) is 8.26. The Morgan fingerprint density at radius 2 is 1.79 bits per heavy atom. The highest BCUT2D eigenvalue weighted by molar-refractivity contribution is 14.1. The Hall–Kier alpha value is -2.40. The van der Waals surface area contributed by atoms with Crippen molar-refractivity contribution in [3.8, 4) is 0 Å². The third-order valence-corrected chi connectivity index (χ3v) is 6.90. The van der Waals surface area contributed by atoms with E-state index in [0.717, 1.165) is 20.4 Å². The van der Waals surface area contributed by atoms with E-state index in [0.29, 0.717) is 16.5 Å². The normalized spacial score (nSPS) is 12.0. The van der Waals surface area contributed by atoms with Crippen LogP contribution in [0.15, 0.2) is 47.6 Å². The maximum Gasteiger partial charge on any atom is 0.251 e. The van der Waals surface area contributed by atoms with Crippen molar-refractivity contribution >= 4 is 51.9 Å². The van der Waals surface area contributed by atoms with E-state index in [-0.39, 0.29) is 29.5 Å². The maximum absolute atomic E-state index is 12.8. The first-order chi connectivity index (χ1) is 15.7. The lowest BCUT2D eigenvalue weighted by molar-refractivity contribution is -0.113. The van der Waals surface area contributed by atoms with Crippen molar-refractivity contribution in [2.45, 2.75) is 38.9 Å². The van der Waals surface area contributed by atoms with Crippen LogP contribution < -0.4 is 10.6 Å². The van der Waals surface area contributed by atoms with Crippen molar-refractivity contribution in [1.29, 1.82) is 0 Å². The minimum Gasteiger partial charge on any atom is -0.342 e. The zero-order valence-corrected chi connectivity index (χ0v) is 22.3. The molecule has 7 nitrogen and oxygen atoms in total. The monoisotopic (exact) mass is 577 g/mol. The van der Waals surface area contributed by atoms with E-state index < -0.39 is 0 Å². The average molecular weight is 577 g/mol. The fraction of sp³-hybridized carbons (Fsp3) is 0.333. The molecule has 1 atom stereocenters. The lowest BCUT2D eigenvalue weighted by atomic mass is 10.0. The Bertz CT molecular complexity index is 1140. The van der Waals surface area contributed by atoms with E-state index >= 15 is 0 Å². The first-order valence-corrected chi connectivity index (χ1v) is 12.7. The van der Waals surface area contributed by atoms with Gasteiger partial charge < -0.3 is 15.2 Å². The number of aryl methyl sites for hydroxylation is 2. The van der Waals surface area contributed by atoms with Gasteiger partial charge >= 0.3 is 0 Å². The molecule has 2 aromatic carbocycles. The number of aromatic nitrogens is 3. The highest BCUT2D eigenvalue weighted by Gasteiger charge is 2.25. The summed E-state index contributed by atoms with van der Waals surface area (Å²) < 4.78 is 2.96. The molecule has 9 heteroatoms. The number of hydrogen-bond donors (Lipinski definition) is 2. The number of anilines is 1.